The molecule has 0 fully saturated rings. The predicted molar refractivity (Wildman–Crippen MR) is 73.2 cm³/mol. The molecule has 0 spiro atoms. The number of hydrogen-bond acceptors (Lipinski definition) is 4. The lowest BCUT2D eigenvalue weighted by Gasteiger charge is -2.07. The van der Waals surface area contributed by atoms with Crippen molar-refractivity contribution in [1.82, 2.24) is 9.97 Å². The fraction of sp³-hybridized carbons (Fsp3) is 0.0769. The van der Waals surface area contributed by atoms with Gasteiger partial charge in [0.1, 0.15) is 17.1 Å². The smallest absolute Gasteiger partial charge is 0.236 e. The number of halogens is 2. The van der Waals surface area contributed by atoms with Crippen LogP contribution in [0.4, 0.5) is 4.39 Å². The van der Waals surface area contributed by atoms with Crippen molar-refractivity contribution >= 4 is 33.2 Å². The number of benzene rings is 1. The highest BCUT2D eigenvalue weighted by Gasteiger charge is 2.10. The summed E-state index contributed by atoms with van der Waals surface area (Å²) in [5, 5.41) is 2.00. The Kier molecular flexibility index (Phi) is 3.31. The summed E-state index contributed by atoms with van der Waals surface area (Å²) in [7, 11) is 0. The highest BCUT2D eigenvalue weighted by atomic mass is 35.5. The third kappa shape index (κ3) is 2.52. The van der Waals surface area contributed by atoms with Crippen LogP contribution >= 0.6 is 22.9 Å². The van der Waals surface area contributed by atoms with Crippen LogP contribution in [-0.4, -0.2) is 9.97 Å². The number of hydrogen-bond donors (Lipinski definition) is 0. The summed E-state index contributed by atoms with van der Waals surface area (Å²) in [6.07, 6.45) is 0. The van der Waals surface area contributed by atoms with Crippen molar-refractivity contribution in [2.75, 3.05) is 0 Å². The molecule has 0 bridgehead atoms. The Balaban J connectivity index is 1.90. The van der Waals surface area contributed by atoms with Gasteiger partial charge in [-0.1, -0.05) is 18.2 Å². The summed E-state index contributed by atoms with van der Waals surface area (Å²) in [5.41, 5.74) is 1.20. The third-order valence-corrected chi connectivity index (χ3v) is 3.63. The van der Waals surface area contributed by atoms with Gasteiger partial charge in [0.2, 0.25) is 11.2 Å². The first-order valence-electron chi connectivity index (χ1n) is 5.51. The van der Waals surface area contributed by atoms with E-state index in [2.05, 4.69) is 9.97 Å². The van der Waals surface area contributed by atoms with E-state index < -0.39 is 0 Å². The molecule has 1 aromatic carbocycles. The van der Waals surface area contributed by atoms with E-state index in [0.29, 0.717) is 11.4 Å². The minimum Gasteiger partial charge on any atom is -0.472 e. The summed E-state index contributed by atoms with van der Waals surface area (Å²) in [4.78, 5) is 8.12. The van der Waals surface area contributed by atoms with E-state index in [-0.39, 0.29) is 17.7 Å². The number of ether oxygens (including phenoxy) is 1. The lowest BCUT2D eigenvalue weighted by molar-refractivity contribution is 0.292. The van der Waals surface area contributed by atoms with Crippen LogP contribution in [0.25, 0.3) is 10.2 Å². The lowest BCUT2D eigenvalue weighted by atomic mass is 10.2. The number of nitrogens with zero attached hydrogens (tertiary/aromatic N) is 2. The fourth-order valence-electron chi connectivity index (χ4n) is 1.67. The first kappa shape index (κ1) is 12.3. The molecule has 0 aliphatic rings. The molecule has 0 aliphatic heterocycles. The van der Waals surface area contributed by atoms with Crippen molar-refractivity contribution in [2.24, 2.45) is 0 Å². The number of aromatic nitrogens is 2. The van der Waals surface area contributed by atoms with Gasteiger partial charge in [0.25, 0.3) is 0 Å². The Labute approximate surface area is 117 Å². The van der Waals surface area contributed by atoms with E-state index >= 15 is 0 Å². The zero-order valence-corrected chi connectivity index (χ0v) is 11.2. The quantitative estimate of drug-likeness (QED) is 0.683. The van der Waals surface area contributed by atoms with Gasteiger partial charge in [0, 0.05) is 5.56 Å². The molecule has 0 atom stereocenters. The molecule has 0 radical (unpaired) electrons. The van der Waals surface area contributed by atoms with Gasteiger partial charge >= 0.3 is 0 Å². The second-order valence-corrected chi connectivity index (χ2v) is 5.07. The molecule has 6 heteroatoms. The Bertz CT molecular complexity index is 731. The average Bonchev–Trinajstić information content (AvgIpc) is 2.85. The van der Waals surface area contributed by atoms with E-state index in [4.69, 9.17) is 16.3 Å². The van der Waals surface area contributed by atoms with Crippen molar-refractivity contribution in [1.29, 1.82) is 0 Å². The Morgan fingerprint density at radius 2 is 2.05 bits per heavy atom. The van der Waals surface area contributed by atoms with Crippen molar-refractivity contribution in [3.05, 3.63) is 52.4 Å². The second-order valence-electron chi connectivity index (χ2n) is 3.81. The molecule has 2 aromatic heterocycles. The minimum atomic E-state index is -0.301. The van der Waals surface area contributed by atoms with E-state index in [0.717, 1.165) is 10.2 Å². The van der Waals surface area contributed by atoms with Crippen LogP contribution < -0.4 is 4.74 Å². The predicted octanol–water partition coefficient (Wildman–Crippen LogP) is 4.06. The molecule has 3 rings (SSSR count). The first-order chi connectivity index (χ1) is 9.24. The summed E-state index contributed by atoms with van der Waals surface area (Å²) < 4.78 is 19.9. The maximum absolute atomic E-state index is 13.5. The van der Waals surface area contributed by atoms with E-state index in [9.17, 15) is 4.39 Å². The molecular formula is C13H8ClFN2OS. The molecule has 0 aliphatic carbocycles. The van der Waals surface area contributed by atoms with Crippen molar-refractivity contribution in [3.8, 4) is 5.88 Å². The minimum absolute atomic E-state index is 0.104. The second kappa shape index (κ2) is 5.11. The summed E-state index contributed by atoms with van der Waals surface area (Å²) in [5.74, 6) is 0.0818. The molecule has 0 unspecified atom stereocenters. The molecule has 0 saturated heterocycles. The van der Waals surface area contributed by atoms with E-state index in [1.165, 1.54) is 17.4 Å². The number of rotatable bonds is 3. The standard InChI is InChI=1S/C13H8ClFN2OS/c14-13-16-10-5-6-19-11(10)12(17-13)18-7-8-3-1-2-4-9(8)15/h1-6H,7H2. The van der Waals surface area contributed by atoms with Gasteiger partial charge in [-0.2, -0.15) is 4.98 Å². The highest BCUT2D eigenvalue weighted by Crippen LogP contribution is 2.29. The summed E-state index contributed by atoms with van der Waals surface area (Å²) in [6, 6.07) is 8.30. The van der Waals surface area contributed by atoms with Crippen LogP contribution in [-0.2, 0) is 6.61 Å². The van der Waals surface area contributed by atoms with E-state index in [1.54, 1.807) is 18.2 Å². The maximum atomic E-state index is 13.5. The van der Waals surface area contributed by atoms with Gasteiger partial charge in [-0.15, -0.1) is 11.3 Å². The molecule has 96 valence electrons. The van der Waals surface area contributed by atoms with Crippen LogP contribution in [0.15, 0.2) is 35.7 Å². The molecule has 3 aromatic rings. The molecule has 0 saturated carbocycles. The normalized spacial score (nSPS) is 10.8. The monoisotopic (exact) mass is 294 g/mol. The average molecular weight is 295 g/mol. The van der Waals surface area contributed by atoms with Gasteiger partial charge in [0.05, 0.1) is 5.52 Å². The van der Waals surface area contributed by atoms with Gasteiger partial charge in [-0.3, -0.25) is 0 Å². The van der Waals surface area contributed by atoms with Gasteiger partial charge in [0.15, 0.2) is 0 Å². The van der Waals surface area contributed by atoms with Crippen molar-refractivity contribution < 1.29 is 9.13 Å². The van der Waals surface area contributed by atoms with Crippen LogP contribution in [0.2, 0.25) is 5.28 Å². The van der Waals surface area contributed by atoms with Crippen molar-refractivity contribution in [2.45, 2.75) is 6.61 Å². The lowest BCUT2D eigenvalue weighted by Crippen LogP contribution is -2.00. The van der Waals surface area contributed by atoms with Crippen LogP contribution in [0.1, 0.15) is 5.56 Å². The Morgan fingerprint density at radius 3 is 2.89 bits per heavy atom. The molecular weight excluding hydrogens is 287 g/mol. The molecule has 2 heterocycles. The molecule has 3 nitrogen and oxygen atoms in total. The van der Waals surface area contributed by atoms with Crippen molar-refractivity contribution in [3.63, 3.8) is 0 Å². The SMILES string of the molecule is Fc1ccccc1COc1nc(Cl)nc2ccsc12. The molecule has 0 N–H and O–H groups in total. The highest BCUT2D eigenvalue weighted by molar-refractivity contribution is 7.17. The van der Waals surface area contributed by atoms with Crippen LogP contribution in [0.3, 0.4) is 0 Å². The first-order valence-corrected chi connectivity index (χ1v) is 6.77. The molecule has 0 amide bonds. The Morgan fingerprint density at radius 1 is 1.21 bits per heavy atom. The van der Waals surface area contributed by atoms with E-state index in [1.807, 2.05) is 11.4 Å². The van der Waals surface area contributed by atoms with Crippen LogP contribution in [0, 0.1) is 5.82 Å². The zero-order chi connectivity index (χ0) is 13.2. The fourth-order valence-corrected chi connectivity index (χ4v) is 2.61. The molecule has 19 heavy (non-hydrogen) atoms. The maximum Gasteiger partial charge on any atom is 0.236 e. The van der Waals surface area contributed by atoms with Gasteiger partial charge in [-0.25, -0.2) is 9.37 Å². The topological polar surface area (TPSA) is 35.0 Å². The van der Waals surface area contributed by atoms with Gasteiger partial charge < -0.3 is 4.74 Å². The van der Waals surface area contributed by atoms with Gasteiger partial charge in [-0.05, 0) is 29.1 Å². The Hall–Kier alpha value is -1.72. The summed E-state index contributed by atoms with van der Waals surface area (Å²) in [6.45, 7) is 0.104. The third-order valence-electron chi connectivity index (χ3n) is 2.57. The number of thiophene rings is 1. The zero-order valence-electron chi connectivity index (χ0n) is 9.64. The summed E-state index contributed by atoms with van der Waals surface area (Å²) >= 11 is 7.28. The number of fused-ring (bicyclic) bond motifs is 1. The van der Waals surface area contributed by atoms with Crippen LogP contribution in [0.5, 0.6) is 5.88 Å². The largest absolute Gasteiger partial charge is 0.472 e.